The van der Waals surface area contributed by atoms with Gasteiger partial charge in [0.05, 0.1) is 19.0 Å². The highest BCUT2D eigenvalue weighted by Crippen LogP contribution is 2.29. The van der Waals surface area contributed by atoms with Gasteiger partial charge in [-0.15, -0.1) is 0 Å². The Bertz CT molecular complexity index is 753. The summed E-state index contributed by atoms with van der Waals surface area (Å²) in [5, 5.41) is 9.63. The van der Waals surface area contributed by atoms with Gasteiger partial charge in [-0.25, -0.2) is 4.98 Å². The Hall–Kier alpha value is -2.54. The number of aromatic nitrogens is 2. The van der Waals surface area contributed by atoms with E-state index in [1.807, 2.05) is 0 Å². The van der Waals surface area contributed by atoms with Crippen LogP contribution in [0.2, 0.25) is 5.02 Å². The number of fused-ring (bicyclic) bond motifs is 4. The van der Waals surface area contributed by atoms with E-state index >= 15 is 0 Å². The van der Waals surface area contributed by atoms with Crippen molar-refractivity contribution in [2.45, 2.75) is 12.8 Å². The molecule has 0 fully saturated rings. The van der Waals surface area contributed by atoms with Gasteiger partial charge in [0.25, 0.3) is 5.91 Å². The normalized spacial score (nSPS) is 14.7. The Morgan fingerprint density at radius 1 is 1.21 bits per heavy atom. The van der Waals surface area contributed by atoms with Crippen molar-refractivity contribution in [3.05, 3.63) is 35.0 Å². The largest absolute Gasteiger partial charge is 0.495 e. The topological polar surface area (TPSA) is 88.2 Å². The number of hydrogen-bond acceptors (Lipinski definition) is 6. The predicted octanol–water partition coefficient (Wildman–Crippen LogP) is 2.82. The lowest BCUT2D eigenvalue weighted by atomic mass is 10.1. The first-order chi connectivity index (χ1) is 11.7. The third-order valence-electron chi connectivity index (χ3n) is 3.63. The van der Waals surface area contributed by atoms with Crippen molar-refractivity contribution >= 4 is 35.0 Å². The minimum absolute atomic E-state index is 0.122. The third-order valence-corrected chi connectivity index (χ3v) is 3.91. The molecule has 1 aromatic heterocycles. The molecule has 0 unspecified atom stereocenters. The van der Waals surface area contributed by atoms with E-state index in [1.165, 1.54) is 6.20 Å². The molecule has 1 aromatic carbocycles. The smallest absolute Gasteiger partial charge is 0.251 e. The molecule has 0 atom stereocenters. The summed E-state index contributed by atoms with van der Waals surface area (Å²) in [5.41, 5.74) is 1.15. The molecule has 7 nitrogen and oxygen atoms in total. The first kappa shape index (κ1) is 16.3. The maximum absolute atomic E-state index is 12.2. The lowest BCUT2D eigenvalue weighted by Gasteiger charge is -2.14. The van der Waals surface area contributed by atoms with Gasteiger partial charge in [-0.05, 0) is 31.0 Å². The zero-order valence-corrected chi connectivity index (χ0v) is 14.0. The van der Waals surface area contributed by atoms with Crippen molar-refractivity contribution in [3.8, 4) is 5.75 Å². The molecule has 0 aliphatic carbocycles. The Labute approximate surface area is 144 Å². The quantitative estimate of drug-likeness (QED) is 0.735. The Morgan fingerprint density at radius 2 is 2.00 bits per heavy atom. The van der Waals surface area contributed by atoms with Crippen molar-refractivity contribution in [2.75, 3.05) is 30.8 Å². The van der Waals surface area contributed by atoms with Gasteiger partial charge in [0, 0.05) is 18.7 Å². The van der Waals surface area contributed by atoms with E-state index in [2.05, 4.69) is 25.9 Å². The molecular weight excluding hydrogens is 330 g/mol. The molecule has 0 saturated heterocycles. The van der Waals surface area contributed by atoms with Gasteiger partial charge in [0.15, 0.2) is 0 Å². The lowest BCUT2D eigenvalue weighted by Crippen LogP contribution is -2.25. The monoisotopic (exact) mass is 347 g/mol. The number of nitrogens with one attached hydrogen (secondary N) is 3. The number of rotatable bonds is 1. The Balaban J connectivity index is 2.00. The van der Waals surface area contributed by atoms with E-state index in [9.17, 15) is 4.79 Å². The van der Waals surface area contributed by atoms with Crippen LogP contribution in [0.4, 0.5) is 17.5 Å². The number of methoxy groups -OCH3 is 1. The number of halogens is 1. The van der Waals surface area contributed by atoms with Gasteiger partial charge < -0.3 is 20.7 Å². The second kappa shape index (κ2) is 7.35. The first-order valence-corrected chi connectivity index (χ1v) is 8.05. The van der Waals surface area contributed by atoms with Crippen molar-refractivity contribution in [1.29, 1.82) is 0 Å². The Kier molecular flexibility index (Phi) is 5.00. The van der Waals surface area contributed by atoms with Crippen LogP contribution in [0, 0.1) is 0 Å². The van der Waals surface area contributed by atoms with Crippen molar-refractivity contribution in [3.63, 3.8) is 0 Å². The van der Waals surface area contributed by atoms with Gasteiger partial charge in [-0.1, -0.05) is 11.6 Å². The second-order valence-electron chi connectivity index (χ2n) is 5.32. The van der Waals surface area contributed by atoms with Crippen LogP contribution in [0.15, 0.2) is 24.4 Å². The fraction of sp³-hybridized carbons (Fsp3) is 0.312. The van der Waals surface area contributed by atoms with Crippen LogP contribution in [0.5, 0.6) is 5.75 Å². The molecule has 2 aromatic rings. The van der Waals surface area contributed by atoms with Crippen LogP contribution in [0.25, 0.3) is 0 Å². The molecule has 24 heavy (non-hydrogen) atoms. The number of carbonyl (C=O) groups excluding carboxylic acids is 1. The average molecular weight is 348 g/mol. The first-order valence-electron chi connectivity index (χ1n) is 7.67. The number of amides is 1. The second-order valence-corrected chi connectivity index (χ2v) is 5.73. The van der Waals surface area contributed by atoms with Crippen molar-refractivity contribution < 1.29 is 9.53 Å². The highest BCUT2D eigenvalue weighted by Gasteiger charge is 2.13. The van der Waals surface area contributed by atoms with Gasteiger partial charge >= 0.3 is 0 Å². The van der Waals surface area contributed by atoms with Gasteiger partial charge in [0.1, 0.15) is 16.6 Å². The van der Waals surface area contributed by atoms with Crippen LogP contribution in [-0.4, -0.2) is 36.1 Å². The molecule has 4 bridgehead atoms. The fourth-order valence-corrected chi connectivity index (χ4v) is 2.54. The molecule has 8 heteroatoms. The van der Waals surface area contributed by atoms with Crippen LogP contribution < -0.4 is 20.7 Å². The van der Waals surface area contributed by atoms with Crippen LogP contribution >= 0.6 is 11.6 Å². The van der Waals surface area contributed by atoms with Gasteiger partial charge in [-0.2, -0.15) is 4.98 Å². The number of carbonyl (C=O) groups is 1. The molecule has 1 aliphatic heterocycles. The van der Waals surface area contributed by atoms with E-state index in [4.69, 9.17) is 16.3 Å². The summed E-state index contributed by atoms with van der Waals surface area (Å²) in [6.45, 7) is 1.32. The van der Waals surface area contributed by atoms with Crippen molar-refractivity contribution in [2.24, 2.45) is 0 Å². The molecule has 0 spiro atoms. The standard InChI is InChI=1S/C16H18ClN5O2/c1-24-13-5-4-10-8-12(13)21-16-20-9-11(17)14(22-16)18-6-2-3-7-19-15(10)23/h4-5,8-9H,2-3,6-7H2,1H3,(H,19,23)(H2,18,20,21,22). The molecule has 1 aliphatic rings. The molecule has 3 N–H and O–H groups in total. The van der Waals surface area contributed by atoms with Crippen LogP contribution in [0.3, 0.4) is 0 Å². The molecule has 126 valence electrons. The van der Waals surface area contributed by atoms with E-state index in [0.29, 0.717) is 46.9 Å². The van der Waals surface area contributed by atoms with Gasteiger partial charge in [0.2, 0.25) is 5.95 Å². The summed E-state index contributed by atoms with van der Waals surface area (Å²) in [6, 6.07) is 5.17. The molecule has 0 radical (unpaired) electrons. The third kappa shape index (κ3) is 3.68. The average Bonchev–Trinajstić information content (AvgIpc) is 2.59. The molecule has 0 saturated carbocycles. The SMILES string of the molecule is COc1ccc2cc1Nc1ncc(Cl)c(n1)NCCCCNC2=O. The van der Waals surface area contributed by atoms with Crippen LogP contribution in [0.1, 0.15) is 23.2 Å². The minimum atomic E-state index is -0.122. The molecular formula is C16H18ClN5O2. The van der Waals surface area contributed by atoms with Gasteiger partial charge in [-0.3, -0.25) is 4.79 Å². The molecule has 2 heterocycles. The molecule has 3 rings (SSSR count). The summed E-state index contributed by atoms with van der Waals surface area (Å²) in [4.78, 5) is 20.8. The fourth-order valence-electron chi connectivity index (χ4n) is 2.38. The van der Waals surface area contributed by atoms with E-state index in [0.717, 1.165) is 12.8 Å². The maximum atomic E-state index is 12.2. The molecule has 1 amide bonds. The van der Waals surface area contributed by atoms with E-state index in [1.54, 1.807) is 25.3 Å². The highest BCUT2D eigenvalue weighted by molar-refractivity contribution is 6.32. The summed E-state index contributed by atoms with van der Waals surface area (Å²) in [6.07, 6.45) is 3.28. The summed E-state index contributed by atoms with van der Waals surface area (Å²) >= 11 is 6.13. The van der Waals surface area contributed by atoms with Crippen LogP contribution in [-0.2, 0) is 0 Å². The van der Waals surface area contributed by atoms with E-state index < -0.39 is 0 Å². The number of ether oxygens (including phenoxy) is 1. The number of hydrogen-bond donors (Lipinski definition) is 3. The highest BCUT2D eigenvalue weighted by atomic mass is 35.5. The van der Waals surface area contributed by atoms with Crippen molar-refractivity contribution in [1.82, 2.24) is 15.3 Å². The summed E-state index contributed by atoms with van der Waals surface area (Å²) in [7, 11) is 1.56. The maximum Gasteiger partial charge on any atom is 0.251 e. The summed E-state index contributed by atoms with van der Waals surface area (Å²) in [5.74, 6) is 1.41. The summed E-state index contributed by atoms with van der Waals surface area (Å²) < 4.78 is 5.33. The number of nitrogens with zero attached hydrogens (tertiary/aromatic N) is 2. The zero-order chi connectivity index (χ0) is 16.9. The lowest BCUT2D eigenvalue weighted by molar-refractivity contribution is 0.0953. The number of benzene rings is 1. The predicted molar refractivity (Wildman–Crippen MR) is 93.4 cm³/mol. The zero-order valence-electron chi connectivity index (χ0n) is 13.2. The Morgan fingerprint density at radius 3 is 2.79 bits per heavy atom. The van der Waals surface area contributed by atoms with E-state index in [-0.39, 0.29) is 5.91 Å². The number of anilines is 3. The minimum Gasteiger partial charge on any atom is -0.495 e.